The Balaban J connectivity index is 1.65. The highest BCUT2D eigenvalue weighted by Crippen LogP contribution is 2.42. The second-order valence-corrected chi connectivity index (χ2v) is 7.27. The quantitative estimate of drug-likeness (QED) is 0.829. The monoisotopic (exact) mass is 313 g/mol. The van der Waals surface area contributed by atoms with E-state index < -0.39 is 0 Å². The van der Waals surface area contributed by atoms with E-state index in [4.69, 9.17) is 4.74 Å². The van der Waals surface area contributed by atoms with Gasteiger partial charge in [0.1, 0.15) is 0 Å². The van der Waals surface area contributed by atoms with Crippen molar-refractivity contribution in [3.05, 3.63) is 57.9 Å². The largest absolute Gasteiger partial charge is 0.368 e. The van der Waals surface area contributed by atoms with Gasteiger partial charge in [0.05, 0.1) is 12.2 Å². The number of thioether (sulfide) groups is 1. The minimum atomic E-state index is 0.201. The Morgan fingerprint density at radius 1 is 1.23 bits per heavy atom. The summed E-state index contributed by atoms with van der Waals surface area (Å²) in [4.78, 5) is 1.41. The molecule has 1 saturated heterocycles. The van der Waals surface area contributed by atoms with E-state index in [1.807, 2.05) is 11.8 Å². The fourth-order valence-corrected chi connectivity index (χ4v) is 4.72. The summed E-state index contributed by atoms with van der Waals surface area (Å²) in [6.45, 7) is 2.13. The van der Waals surface area contributed by atoms with Gasteiger partial charge in [-0.3, -0.25) is 0 Å². The van der Waals surface area contributed by atoms with Gasteiger partial charge in [-0.2, -0.15) is 0 Å². The summed E-state index contributed by atoms with van der Waals surface area (Å²) in [6, 6.07) is 0. The highest BCUT2D eigenvalue weighted by molar-refractivity contribution is 8.06. The minimum Gasteiger partial charge on any atom is -0.368 e. The molecule has 1 fully saturated rings. The van der Waals surface area contributed by atoms with Crippen molar-refractivity contribution in [2.45, 2.75) is 37.9 Å². The lowest BCUT2D eigenvalue weighted by molar-refractivity contribution is -0.0186. The molecule has 0 aromatic heterocycles. The van der Waals surface area contributed by atoms with Crippen molar-refractivity contribution in [3.8, 4) is 0 Å². The number of ether oxygens (including phenoxy) is 1. The van der Waals surface area contributed by atoms with E-state index in [1.54, 1.807) is 0 Å². The molecule has 0 saturated carbocycles. The molecule has 3 heteroatoms. The predicted molar refractivity (Wildman–Crippen MR) is 93.6 cm³/mol. The van der Waals surface area contributed by atoms with Crippen molar-refractivity contribution in [3.63, 3.8) is 0 Å². The molecular formula is C19H23NOS. The number of hydrogen-bond donors (Lipinski definition) is 1. The SMILES string of the molecule is C1=CC2=CSC3=C(CCC=C3)C(OC3CCCNC3)C2C=C1. The zero-order valence-electron chi connectivity index (χ0n) is 12.8. The topological polar surface area (TPSA) is 21.3 Å². The summed E-state index contributed by atoms with van der Waals surface area (Å²) < 4.78 is 6.66. The molecule has 0 amide bonds. The van der Waals surface area contributed by atoms with Gasteiger partial charge >= 0.3 is 0 Å². The third-order valence-electron chi connectivity index (χ3n) is 4.85. The molecule has 2 nitrogen and oxygen atoms in total. The van der Waals surface area contributed by atoms with E-state index in [1.165, 1.54) is 28.9 Å². The van der Waals surface area contributed by atoms with Crippen LogP contribution in [0, 0.1) is 5.92 Å². The lowest BCUT2D eigenvalue weighted by Gasteiger charge is -2.34. The smallest absolute Gasteiger partial charge is 0.0906 e. The summed E-state index contributed by atoms with van der Waals surface area (Å²) in [6.07, 6.45) is 18.7. The summed E-state index contributed by atoms with van der Waals surface area (Å²) in [5.41, 5.74) is 2.90. The Morgan fingerprint density at radius 2 is 2.23 bits per heavy atom. The van der Waals surface area contributed by atoms with Crippen LogP contribution >= 0.6 is 11.8 Å². The van der Waals surface area contributed by atoms with E-state index in [0.29, 0.717) is 12.0 Å². The highest BCUT2D eigenvalue weighted by Gasteiger charge is 2.33. The number of fused-ring (bicyclic) bond motifs is 1. The fraction of sp³-hybridized carbons (Fsp3) is 0.474. The van der Waals surface area contributed by atoms with Gasteiger partial charge < -0.3 is 10.1 Å². The van der Waals surface area contributed by atoms with Gasteiger partial charge in [-0.15, -0.1) is 0 Å². The van der Waals surface area contributed by atoms with Crippen LogP contribution in [0.2, 0.25) is 0 Å². The first-order chi connectivity index (χ1) is 10.9. The number of allylic oxidation sites excluding steroid dienone is 5. The molecule has 0 aromatic rings. The third kappa shape index (κ3) is 2.90. The molecule has 2 aliphatic carbocycles. The van der Waals surface area contributed by atoms with Gasteiger partial charge in [-0.05, 0) is 48.8 Å². The van der Waals surface area contributed by atoms with Crippen molar-refractivity contribution >= 4 is 11.8 Å². The average molecular weight is 313 g/mol. The Bertz CT molecular complexity index is 578. The molecule has 1 N–H and O–H groups in total. The highest BCUT2D eigenvalue weighted by atomic mass is 32.2. The maximum absolute atomic E-state index is 6.66. The standard InChI is InChI=1S/C19H23NOS/c1-2-8-16-14(6-1)13-22-18-10-4-3-9-17(18)19(16)21-15-7-5-11-20-12-15/h1-2,4,6,8,10,13,15-16,19-20H,3,5,7,9,11-12H2. The number of rotatable bonds is 2. The minimum absolute atomic E-state index is 0.201. The second-order valence-electron chi connectivity index (χ2n) is 6.36. The van der Waals surface area contributed by atoms with E-state index >= 15 is 0 Å². The van der Waals surface area contributed by atoms with Gasteiger partial charge in [0, 0.05) is 17.4 Å². The van der Waals surface area contributed by atoms with Gasteiger partial charge in [-0.1, -0.05) is 48.2 Å². The zero-order chi connectivity index (χ0) is 14.8. The van der Waals surface area contributed by atoms with Crippen molar-refractivity contribution in [1.82, 2.24) is 5.32 Å². The van der Waals surface area contributed by atoms with E-state index in [0.717, 1.165) is 25.9 Å². The number of nitrogens with one attached hydrogen (secondary N) is 1. The summed E-state index contributed by atoms with van der Waals surface area (Å²) in [5, 5.41) is 5.79. The van der Waals surface area contributed by atoms with Crippen LogP contribution in [0.5, 0.6) is 0 Å². The normalized spacial score (nSPS) is 34.0. The lowest BCUT2D eigenvalue weighted by Crippen LogP contribution is -2.40. The van der Waals surface area contributed by atoms with Crippen LogP contribution < -0.4 is 5.32 Å². The van der Waals surface area contributed by atoms with Gasteiger partial charge in [0.2, 0.25) is 0 Å². The molecule has 116 valence electrons. The molecule has 0 radical (unpaired) electrons. The molecule has 22 heavy (non-hydrogen) atoms. The van der Waals surface area contributed by atoms with Crippen LogP contribution in [0.1, 0.15) is 25.7 Å². The maximum atomic E-state index is 6.66. The Morgan fingerprint density at radius 3 is 3.14 bits per heavy atom. The Hall–Kier alpha value is -1.03. The molecular weight excluding hydrogens is 290 g/mol. The van der Waals surface area contributed by atoms with Crippen LogP contribution in [0.3, 0.4) is 0 Å². The van der Waals surface area contributed by atoms with Crippen LogP contribution in [0.15, 0.2) is 57.9 Å². The molecule has 2 aliphatic heterocycles. The molecule has 2 heterocycles. The predicted octanol–water partition coefficient (Wildman–Crippen LogP) is 4.10. The molecule has 4 rings (SSSR count). The van der Waals surface area contributed by atoms with Crippen molar-refractivity contribution in [2.24, 2.45) is 5.92 Å². The van der Waals surface area contributed by atoms with Gasteiger partial charge in [-0.25, -0.2) is 0 Å². The maximum Gasteiger partial charge on any atom is 0.0906 e. The van der Waals surface area contributed by atoms with Crippen LogP contribution in [0.25, 0.3) is 0 Å². The van der Waals surface area contributed by atoms with Crippen LogP contribution in [-0.4, -0.2) is 25.3 Å². The molecule has 0 bridgehead atoms. The molecule has 4 aliphatic rings. The first-order valence-electron chi connectivity index (χ1n) is 8.39. The third-order valence-corrected chi connectivity index (χ3v) is 5.89. The lowest BCUT2D eigenvalue weighted by atomic mass is 9.84. The molecule has 3 unspecified atom stereocenters. The van der Waals surface area contributed by atoms with Crippen LogP contribution in [0.4, 0.5) is 0 Å². The first-order valence-corrected chi connectivity index (χ1v) is 9.27. The van der Waals surface area contributed by atoms with Gasteiger partial charge in [0.25, 0.3) is 0 Å². The van der Waals surface area contributed by atoms with E-state index in [9.17, 15) is 0 Å². The first kappa shape index (κ1) is 14.6. The van der Waals surface area contributed by atoms with E-state index in [2.05, 4.69) is 47.2 Å². The van der Waals surface area contributed by atoms with E-state index in [-0.39, 0.29) is 6.10 Å². The Kier molecular flexibility index (Phi) is 4.37. The number of piperidine rings is 1. The molecule has 0 aromatic carbocycles. The van der Waals surface area contributed by atoms with Crippen molar-refractivity contribution < 1.29 is 4.74 Å². The van der Waals surface area contributed by atoms with Crippen LogP contribution in [-0.2, 0) is 4.74 Å². The fourth-order valence-electron chi connectivity index (χ4n) is 3.68. The summed E-state index contributed by atoms with van der Waals surface area (Å²) in [5.74, 6) is 0.374. The van der Waals surface area contributed by atoms with Crippen molar-refractivity contribution in [2.75, 3.05) is 13.1 Å². The Labute approximate surface area is 137 Å². The molecule has 3 atom stereocenters. The second kappa shape index (κ2) is 6.61. The van der Waals surface area contributed by atoms with Gasteiger partial charge in [0.15, 0.2) is 0 Å². The average Bonchev–Trinajstić information content (AvgIpc) is 2.74. The molecule has 0 spiro atoms. The van der Waals surface area contributed by atoms with Crippen molar-refractivity contribution in [1.29, 1.82) is 0 Å². The summed E-state index contributed by atoms with van der Waals surface area (Å²) in [7, 11) is 0. The number of hydrogen-bond acceptors (Lipinski definition) is 3. The zero-order valence-corrected chi connectivity index (χ0v) is 13.6. The summed E-state index contributed by atoms with van der Waals surface area (Å²) >= 11 is 1.87.